The molecule has 0 atom stereocenters. The van der Waals surface area contributed by atoms with Crippen LogP contribution in [0.1, 0.15) is 27.8 Å². The van der Waals surface area contributed by atoms with Gasteiger partial charge in [0.05, 0.1) is 0 Å². The second-order valence-corrected chi connectivity index (χ2v) is 8.80. The minimum atomic E-state index is 0. The van der Waals surface area contributed by atoms with Crippen LogP contribution in [0.5, 0.6) is 0 Å². The van der Waals surface area contributed by atoms with E-state index >= 15 is 0 Å². The molecule has 0 radical (unpaired) electrons. The van der Waals surface area contributed by atoms with E-state index in [4.69, 9.17) is 0 Å². The molecule has 2 heterocycles. The Kier molecular flexibility index (Phi) is 10.8. The molecule has 0 amide bonds. The Morgan fingerprint density at radius 1 is 0.743 bits per heavy atom. The van der Waals surface area contributed by atoms with Crippen molar-refractivity contribution in [3.8, 4) is 22.5 Å². The van der Waals surface area contributed by atoms with Crippen molar-refractivity contribution in [2.45, 2.75) is 34.2 Å². The van der Waals surface area contributed by atoms with Crippen molar-refractivity contribution < 1.29 is 21.1 Å². The standard InChI is InChI=1S/2C15H17N2.Pt/c1-11-5-6-13(9-12(11)2)15-10-14(17(3)4)7-8-16-15;1-11-4-5-14(8-12(11)2)15-9-13(10-16-3)6-7-17-15;/h5,7-10H,1-4H3;4,6-9,16H,10H2,1-3H3;/q2*-1;+2. The molecule has 4 aromatic rings. The average Bonchev–Trinajstić information content (AvgIpc) is 2.83. The van der Waals surface area contributed by atoms with E-state index in [2.05, 4.69) is 84.3 Å². The topological polar surface area (TPSA) is 41.1 Å². The van der Waals surface area contributed by atoms with E-state index in [-0.39, 0.29) is 21.1 Å². The first-order valence-electron chi connectivity index (χ1n) is 11.5. The normalized spacial score (nSPS) is 10.1. The van der Waals surface area contributed by atoms with Crippen molar-refractivity contribution in [1.29, 1.82) is 0 Å². The molecule has 0 aliphatic carbocycles. The molecular weight excluding hydrogens is 611 g/mol. The fourth-order valence-corrected chi connectivity index (χ4v) is 3.42. The molecule has 0 saturated carbocycles. The molecule has 1 N–H and O–H groups in total. The molecule has 0 aliphatic heterocycles. The second kappa shape index (κ2) is 13.3. The predicted molar refractivity (Wildman–Crippen MR) is 143 cm³/mol. The Labute approximate surface area is 225 Å². The van der Waals surface area contributed by atoms with Gasteiger partial charge in [-0.1, -0.05) is 39.8 Å². The maximum absolute atomic E-state index is 4.40. The molecule has 0 bridgehead atoms. The summed E-state index contributed by atoms with van der Waals surface area (Å²) in [6, 6.07) is 23.1. The van der Waals surface area contributed by atoms with Crippen molar-refractivity contribution in [3.05, 3.63) is 101 Å². The van der Waals surface area contributed by atoms with Gasteiger partial charge in [-0.15, -0.1) is 69.8 Å². The number of pyridine rings is 2. The van der Waals surface area contributed by atoms with Gasteiger partial charge in [0.25, 0.3) is 0 Å². The maximum Gasteiger partial charge on any atom is 2.00 e. The van der Waals surface area contributed by atoms with Gasteiger partial charge < -0.3 is 20.2 Å². The third kappa shape index (κ3) is 7.85. The van der Waals surface area contributed by atoms with Crippen LogP contribution < -0.4 is 10.2 Å². The fourth-order valence-electron chi connectivity index (χ4n) is 3.42. The molecule has 184 valence electrons. The monoisotopic (exact) mass is 645 g/mol. The molecule has 2 aromatic heterocycles. The van der Waals surface area contributed by atoms with E-state index in [1.54, 1.807) is 0 Å². The molecule has 35 heavy (non-hydrogen) atoms. The van der Waals surface area contributed by atoms with Gasteiger partial charge in [0.2, 0.25) is 0 Å². The molecule has 4 rings (SSSR count). The van der Waals surface area contributed by atoms with Crippen LogP contribution in [0.3, 0.4) is 0 Å². The zero-order valence-corrected chi connectivity index (χ0v) is 23.9. The Balaban J connectivity index is 0.000000240. The van der Waals surface area contributed by atoms with Crippen LogP contribution in [-0.2, 0) is 27.6 Å². The van der Waals surface area contributed by atoms with Gasteiger partial charge in [0, 0.05) is 38.7 Å². The summed E-state index contributed by atoms with van der Waals surface area (Å²) in [7, 11) is 6.01. The number of hydrogen-bond donors (Lipinski definition) is 1. The van der Waals surface area contributed by atoms with Crippen molar-refractivity contribution in [1.82, 2.24) is 15.3 Å². The number of aromatic nitrogens is 2. The van der Waals surface area contributed by atoms with Gasteiger partial charge in [-0.2, -0.15) is 0 Å². The van der Waals surface area contributed by atoms with E-state index < -0.39 is 0 Å². The first kappa shape index (κ1) is 28.4. The van der Waals surface area contributed by atoms with Crippen molar-refractivity contribution in [2.24, 2.45) is 0 Å². The average molecular weight is 646 g/mol. The van der Waals surface area contributed by atoms with Crippen LogP contribution in [0, 0.1) is 39.8 Å². The Hall–Kier alpha value is -2.81. The summed E-state index contributed by atoms with van der Waals surface area (Å²) >= 11 is 0. The van der Waals surface area contributed by atoms with Crippen LogP contribution in [0.15, 0.2) is 60.9 Å². The molecule has 0 unspecified atom stereocenters. The summed E-state index contributed by atoms with van der Waals surface area (Å²) in [5, 5.41) is 3.15. The Bertz CT molecular complexity index is 1250. The van der Waals surface area contributed by atoms with Crippen LogP contribution in [0.25, 0.3) is 22.5 Å². The minimum Gasteiger partial charge on any atom is -0.378 e. The van der Waals surface area contributed by atoms with Gasteiger partial charge >= 0.3 is 21.1 Å². The summed E-state index contributed by atoms with van der Waals surface area (Å²) < 4.78 is 0. The van der Waals surface area contributed by atoms with Crippen molar-refractivity contribution in [2.75, 3.05) is 26.0 Å². The van der Waals surface area contributed by atoms with Gasteiger partial charge in [-0.25, -0.2) is 0 Å². The number of nitrogens with one attached hydrogen (secondary N) is 1. The number of benzene rings is 2. The van der Waals surface area contributed by atoms with E-state index in [0.29, 0.717) is 0 Å². The first-order chi connectivity index (χ1) is 16.3. The number of rotatable bonds is 5. The predicted octanol–water partition coefficient (Wildman–Crippen LogP) is 6.11. The molecule has 0 aliphatic rings. The third-order valence-electron chi connectivity index (χ3n) is 5.87. The van der Waals surface area contributed by atoms with Crippen LogP contribution in [0.4, 0.5) is 5.69 Å². The number of aryl methyl sites for hydroxylation is 4. The second-order valence-electron chi connectivity index (χ2n) is 8.80. The van der Waals surface area contributed by atoms with E-state index in [9.17, 15) is 0 Å². The van der Waals surface area contributed by atoms with Gasteiger partial charge in [-0.05, 0) is 36.1 Å². The van der Waals surface area contributed by atoms with Gasteiger partial charge in [0.15, 0.2) is 0 Å². The summed E-state index contributed by atoms with van der Waals surface area (Å²) in [6.45, 7) is 9.28. The Morgan fingerprint density at radius 3 is 1.74 bits per heavy atom. The van der Waals surface area contributed by atoms with Gasteiger partial charge in [0.1, 0.15) is 0 Å². The Morgan fingerprint density at radius 2 is 1.26 bits per heavy atom. The van der Waals surface area contributed by atoms with Crippen LogP contribution >= 0.6 is 0 Å². The summed E-state index contributed by atoms with van der Waals surface area (Å²) in [4.78, 5) is 10.9. The van der Waals surface area contributed by atoms with Gasteiger partial charge in [-0.3, -0.25) is 0 Å². The summed E-state index contributed by atoms with van der Waals surface area (Å²) in [6.07, 6.45) is 3.69. The van der Waals surface area contributed by atoms with Crippen molar-refractivity contribution in [3.63, 3.8) is 0 Å². The molecule has 0 spiro atoms. The molecule has 0 fully saturated rings. The number of hydrogen-bond acceptors (Lipinski definition) is 4. The maximum atomic E-state index is 4.40. The SMILES string of the molecule is CNCc1ccnc(-c2[c-]cc(C)c(C)c2)c1.Cc1c[c-]c(-c2cc(N(C)C)ccn2)cc1C.[Pt+2]. The molecule has 5 heteroatoms. The summed E-state index contributed by atoms with van der Waals surface area (Å²) in [5.41, 5.74) is 11.5. The van der Waals surface area contributed by atoms with Crippen LogP contribution in [0.2, 0.25) is 0 Å². The van der Waals surface area contributed by atoms with Crippen molar-refractivity contribution >= 4 is 5.69 Å². The molecular formula is C30H34N4Pt. The molecule has 0 saturated heterocycles. The number of nitrogens with zero attached hydrogens (tertiary/aromatic N) is 3. The van der Waals surface area contributed by atoms with E-state index in [1.807, 2.05) is 57.8 Å². The number of anilines is 1. The fraction of sp³-hybridized carbons (Fsp3) is 0.267. The van der Waals surface area contributed by atoms with E-state index in [1.165, 1.54) is 27.8 Å². The largest absolute Gasteiger partial charge is 2.00 e. The molecule has 2 aromatic carbocycles. The minimum absolute atomic E-state index is 0. The van der Waals surface area contributed by atoms with Crippen LogP contribution in [-0.4, -0.2) is 31.1 Å². The van der Waals surface area contributed by atoms with E-state index in [0.717, 1.165) is 34.7 Å². The molecule has 4 nitrogen and oxygen atoms in total. The zero-order valence-electron chi connectivity index (χ0n) is 21.6. The summed E-state index contributed by atoms with van der Waals surface area (Å²) in [5.74, 6) is 0. The third-order valence-corrected chi connectivity index (χ3v) is 5.87. The first-order valence-corrected chi connectivity index (χ1v) is 11.5. The zero-order chi connectivity index (χ0) is 24.7. The quantitative estimate of drug-likeness (QED) is 0.266. The smallest absolute Gasteiger partial charge is 0.378 e.